The molecule has 2 N–H and O–H groups in total. The predicted molar refractivity (Wildman–Crippen MR) is 77.2 cm³/mol. The van der Waals surface area contributed by atoms with Gasteiger partial charge < -0.3 is 5.11 Å². The zero-order valence-corrected chi connectivity index (χ0v) is 12.2. The van der Waals surface area contributed by atoms with Crippen LogP contribution in [0.15, 0.2) is 41.6 Å². The number of hydrogen-bond donors (Lipinski definition) is 2. The molecule has 7 heteroatoms. The molecule has 0 radical (unpaired) electrons. The lowest BCUT2D eigenvalue weighted by molar-refractivity contribution is 0.281. The van der Waals surface area contributed by atoms with Gasteiger partial charge in [0.2, 0.25) is 0 Å². The number of aromatic nitrogens is 1. The van der Waals surface area contributed by atoms with E-state index in [1.807, 2.05) is 0 Å². The molecule has 0 saturated heterocycles. The molecule has 0 spiro atoms. The van der Waals surface area contributed by atoms with Crippen LogP contribution < -0.4 is 4.72 Å². The number of nitrogens with one attached hydrogen (secondary N) is 1. The number of halogens is 1. The predicted octanol–water partition coefficient (Wildman–Crippen LogP) is 2.34. The number of aliphatic hydroxyl groups is 1. The van der Waals surface area contributed by atoms with Crippen molar-refractivity contribution in [2.45, 2.75) is 18.6 Å². The van der Waals surface area contributed by atoms with E-state index < -0.39 is 10.0 Å². The third kappa shape index (κ3) is 3.09. The molecule has 0 aliphatic carbocycles. The Labute approximate surface area is 122 Å². The van der Waals surface area contributed by atoms with E-state index in [4.69, 9.17) is 16.7 Å². The molecule has 1 aromatic carbocycles. The lowest BCUT2D eigenvalue weighted by atomic mass is 10.2. The summed E-state index contributed by atoms with van der Waals surface area (Å²) >= 11 is 5.95. The summed E-state index contributed by atoms with van der Waals surface area (Å²) < 4.78 is 26.8. The highest BCUT2D eigenvalue weighted by molar-refractivity contribution is 7.92. The van der Waals surface area contributed by atoms with Crippen LogP contribution in [0.25, 0.3) is 0 Å². The van der Waals surface area contributed by atoms with Crippen molar-refractivity contribution < 1.29 is 13.5 Å². The van der Waals surface area contributed by atoms with Gasteiger partial charge in [-0.15, -0.1) is 0 Å². The molecule has 0 amide bonds. The minimum absolute atomic E-state index is 0.117. The van der Waals surface area contributed by atoms with E-state index >= 15 is 0 Å². The monoisotopic (exact) mass is 312 g/mol. The summed E-state index contributed by atoms with van der Waals surface area (Å²) in [5.41, 5.74) is 1.60. The average Bonchev–Trinajstić information content (AvgIpc) is 2.44. The van der Waals surface area contributed by atoms with E-state index in [2.05, 4.69) is 9.71 Å². The fraction of sp³-hybridized carbons (Fsp3) is 0.154. The summed E-state index contributed by atoms with van der Waals surface area (Å²) in [5, 5.41) is 9.28. The molecule has 0 aliphatic heterocycles. The second-order valence-corrected chi connectivity index (χ2v) is 6.22. The van der Waals surface area contributed by atoms with Gasteiger partial charge in [0, 0.05) is 11.2 Å². The molecule has 0 saturated carbocycles. The van der Waals surface area contributed by atoms with Crippen molar-refractivity contribution in [3.63, 3.8) is 0 Å². The number of aliphatic hydroxyl groups excluding tert-OH is 1. The van der Waals surface area contributed by atoms with Gasteiger partial charge in [0.25, 0.3) is 10.0 Å². The Morgan fingerprint density at radius 2 is 2.05 bits per heavy atom. The quantitative estimate of drug-likeness (QED) is 0.908. The van der Waals surface area contributed by atoms with Gasteiger partial charge in [0.15, 0.2) is 5.03 Å². The fourth-order valence-corrected chi connectivity index (χ4v) is 2.81. The van der Waals surface area contributed by atoms with Crippen LogP contribution in [0.2, 0.25) is 5.02 Å². The molecule has 0 fully saturated rings. The SMILES string of the molecule is Cc1c(Cl)cccc1NS(=O)(=O)c1ccc(CO)cn1. The zero-order chi connectivity index (χ0) is 14.8. The molecule has 20 heavy (non-hydrogen) atoms. The molecule has 5 nitrogen and oxygen atoms in total. The minimum atomic E-state index is -3.78. The lowest BCUT2D eigenvalue weighted by Crippen LogP contribution is -2.15. The molecular weight excluding hydrogens is 300 g/mol. The third-order valence-corrected chi connectivity index (χ3v) is 4.46. The summed E-state index contributed by atoms with van der Waals surface area (Å²) in [6.45, 7) is 1.54. The van der Waals surface area contributed by atoms with Gasteiger partial charge in [0.1, 0.15) is 0 Å². The Bertz CT molecular complexity index is 715. The maximum atomic E-state index is 12.2. The van der Waals surface area contributed by atoms with Crippen LogP contribution in [-0.2, 0) is 16.6 Å². The van der Waals surface area contributed by atoms with Crippen molar-refractivity contribution in [1.29, 1.82) is 0 Å². The fourth-order valence-electron chi connectivity index (χ4n) is 1.58. The van der Waals surface area contributed by atoms with Crippen molar-refractivity contribution in [1.82, 2.24) is 4.98 Å². The molecule has 2 rings (SSSR count). The number of rotatable bonds is 4. The number of anilines is 1. The van der Waals surface area contributed by atoms with Gasteiger partial charge in [-0.05, 0) is 36.2 Å². The van der Waals surface area contributed by atoms with E-state index in [0.29, 0.717) is 21.8 Å². The maximum Gasteiger partial charge on any atom is 0.279 e. The molecule has 0 atom stereocenters. The minimum Gasteiger partial charge on any atom is -0.392 e. The largest absolute Gasteiger partial charge is 0.392 e. The molecule has 106 valence electrons. The van der Waals surface area contributed by atoms with Crippen LogP contribution in [0.4, 0.5) is 5.69 Å². The van der Waals surface area contributed by atoms with Crippen LogP contribution in [-0.4, -0.2) is 18.5 Å². The van der Waals surface area contributed by atoms with E-state index in [1.165, 1.54) is 18.3 Å². The van der Waals surface area contributed by atoms with Crippen LogP contribution in [0, 0.1) is 6.92 Å². The van der Waals surface area contributed by atoms with E-state index in [9.17, 15) is 8.42 Å². The first-order valence-corrected chi connectivity index (χ1v) is 7.64. The molecule has 1 heterocycles. The number of sulfonamides is 1. The summed E-state index contributed by atoms with van der Waals surface area (Å²) in [5.74, 6) is 0. The first kappa shape index (κ1) is 14.8. The Kier molecular flexibility index (Phi) is 4.27. The van der Waals surface area contributed by atoms with Crippen LogP contribution in [0.1, 0.15) is 11.1 Å². The average molecular weight is 313 g/mol. The second-order valence-electron chi connectivity index (χ2n) is 4.18. The lowest BCUT2D eigenvalue weighted by Gasteiger charge is -2.11. The summed E-state index contributed by atoms with van der Waals surface area (Å²) in [7, 11) is -3.78. The van der Waals surface area contributed by atoms with Gasteiger partial charge in [-0.1, -0.05) is 23.7 Å². The number of benzene rings is 1. The van der Waals surface area contributed by atoms with Gasteiger partial charge in [0.05, 0.1) is 12.3 Å². The summed E-state index contributed by atoms with van der Waals surface area (Å²) in [4.78, 5) is 3.83. The van der Waals surface area contributed by atoms with Gasteiger partial charge in [-0.3, -0.25) is 4.72 Å². The third-order valence-electron chi connectivity index (χ3n) is 2.77. The van der Waals surface area contributed by atoms with Gasteiger partial charge in [-0.2, -0.15) is 8.42 Å². The van der Waals surface area contributed by atoms with Gasteiger partial charge in [-0.25, -0.2) is 4.98 Å². The molecule has 2 aromatic rings. The Morgan fingerprint density at radius 1 is 1.30 bits per heavy atom. The van der Waals surface area contributed by atoms with Crippen LogP contribution in [0.3, 0.4) is 0 Å². The Morgan fingerprint density at radius 3 is 2.65 bits per heavy atom. The number of pyridine rings is 1. The van der Waals surface area contributed by atoms with Crippen molar-refractivity contribution in [3.8, 4) is 0 Å². The second kappa shape index (κ2) is 5.78. The molecule has 1 aromatic heterocycles. The van der Waals surface area contributed by atoms with Crippen molar-refractivity contribution in [2.24, 2.45) is 0 Å². The highest BCUT2D eigenvalue weighted by Crippen LogP contribution is 2.25. The molecule has 0 unspecified atom stereocenters. The standard InChI is InChI=1S/C13H13ClN2O3S/c1-9-11(14)3-2-4-12(9)16-20(18,19)13-6-5-10(8-17)7-15-13/h2-7,16-17H,8H2,1H3. The Hall–Kier alpha value is -1.63. The van der Waals surface area contributed by atoms with Gasteiger partial charge >= 0.3 is 0 Å². The normalized spacial score (nSPS) is 11.3. The molecule has 0 aliphatic rings. The topological polar surface area (TPSA) is 79.3 Å². The van der Waals surface area contributed by atoms with E-state index in [-0.39, 0.29) is 11.6 Å². The Balaban J connectivity index is 2.33. The highest BCUT2D eigenvalue weighted by Gasteiger charge is 2.17. The smallest absolute Gasteiger partial charge is 0.279 e. The van der Waals surface area contributed by atoms with Crippen molar-refractivity contribution in [2.75, 3.05) is 4.72 Å². The maximum absolute atomic E-state index is 12.2. The zero-order valence-electron chi connectivity index (χ0n) is 10.7. The highest BCUT2D eigenvalue weighted by atomic mass is 35.5. The van der Waals surface area contributed by atoms with Crippen molar-refractivity contribution in [3.05, 3.63) is 52.7 Å². The number of hydrogen-bond acceptors (Lipinski definition) is 4. The molecule has 0 bridgehead atoms. The first-order chi connectivity index (χ1) is 9.44. The van der Waals surface area contributed by atoms with Crippen LogP contribution in [0.5, 0.6) is 0 Å². The van der Waals surface area contributed by atoms with Crippen LogP contribution >= 0.6 is 11.6 Å². The first-order valence-electron chi connectivity index (χ1n) is 5.78. The number of nitrogens with zero attached hydrogens (tertiary/aromatic N) is 1. The summed E-state index contributed by atoms with van der Waals surface area (Å²) in [6.07, 6.45) is 1.32. The van der Waals surface area contributed by atoms with E-state index in [1.54, 1.807) is 25.1 Å². The summed E-state index contributed by atoms with van der Waals surface area (Å²) in [6, 6.07) is 7.82. The molecular formula is C13H13ClN2O3S. The van der Waals surface area contributed by atoms with E-state index in [0.717, 1.165) is 0 Å². The van der Waals surface area contributed by atoms with Crippen molar-refractivity contribution >= 4 is 27.3 Å².